The number of nitrogens with one attached hydrogen (secondary N) is 1. The zero-order valence-corrected chi connectivity index (χ0v) is 12.9. The Morgan fingerprint density at radius 3 is 2.88 bits per heavy atom. The van der Waals surface area contributed by atoms with E-state index in [1.807, 2.05) is 18.2 Å². The van der Waals surface area contributed by atoms with Gasteiger partial charge in [-0.3, -0.25) is 4.79 Å². The lowest BCUT2D eigenvalue weighted by atomic mass is 10.2. The molecule has 0 aromatic heterocycles. The van der Waals surface area contributed by atoms with Gasteiger partial charge in [-0.05, 0) is 56.7 Å². The second-order valence-electron chi connectivity index (χ2n) is 3.10. The Balaban J connectivity index is 2.65. The van der Waals surface area contributed by atoms with Crippen molar-refractivity contribution in [3.8, 4) is 0 Å². The van der Waals surface area contributed by atoms with Crippen molar-refractivity contribution in [1.82, 2.24) is 5.32 Å². The van der Waals surface area contributed by atoms with Crippen LogP contribution in [0.25, 0.3) is 0 Å². The lowest BCUT2D eigenvalue weighted by molar-refractivity contribution is 0.0954. The van der Waals surface area contributed by atoms with Crippen LogP contribution >= 0.6 is 50.7 Å². The second kappa shape index (κ2) is 6.51. The molecule has 0 aliphatic heterocycles. The first kappa shape index (κ1) is 13.9. The van der Waals surface area contributed by atoms with Crippen molar-refractivity contribution >= 4 is 61.6 Å². The maximum Gasteiger partial charge on any atom is 0.252 e. The fourth-order valence-corrected chi connectivity index (χ4v) is 2.09. The van der Waals surface area contributed by atoms with Crippen molar-refractivity contribution in [2.75, 3.05) is 6.54 Å². The number of thiocarbonyl (C=S) groups is 1. The normalized spacial score (nSPS) is 9.88. The predicted octanol–water partition coefficient (Wildman–Crippen LogP) is 2.46. The second-order valence-corrected chi connectivity index (χ2v) is 5.72. The molecule has 3 N–H and O–H groups in total. The molecule has 1 aromatic rings. The Morgan fingerprint density at radius 2 is 2.25 bits per heavy atom. The Hall–Kier alpha value is -0.210. The number of carbonyl (C=O) groups is 1. The molecule has 0 fully saturated rings. The third kappa shape index (κ3) is 4.34. The van der Waals surface area contributed by atoms with Gasteiger partial charge in [-0.15, -0.1) is 0 Å². The highest BCUT2D eigenvalue weighted by Gasteiger charge is 2.09. The van der Waals surface area contributed by atoms with Gasteiger partial charge in [0, 0.05) is 21.0 Å². The smallest absolute Gasteiger partial charge is 0.252 e. The topological polar surface area (TPSA) is 55.1 Å². The predicted molar refractivity (Wildman–Crippen MR) is 80.6 cm³/mol. The molecule has 0 spiro atoms. The number of rotatable bonds is 4. The van der Waals surface area contributed by atoms with Crippen LogP contribution in [0.5, 0.6) is 0 Å². The summed E-state index contributed by atoms with van der Waals surface area (Å²) < 4.78 is 1.79. The molecule has 1 rings (SSSR count). The number of nitrogens with two attached hydrogens (primary N) is 1. The molecule has 0 heterocycles. The molecule has 1 amide bonds. The van der Waals surface area contributed by atoms with Gasteiger partial charge in [0.05, 0.1) is 10.6 Å². The van der Waals surface area contributed by atoms with Gasteiger partial charge < -0.3 is 11.1 Å². The number of amides is 1. The molecule has 0 aliphatic rings. The van der Waals surface area contributed by atoms with Crippen LogP contribution < -0.4 is 11.1 Å². The third-order valence-corrected chi connectivity index (χ3v) is 3.40. The van der Waals surface area contributed by atoms with Crippen molar-refractivity contribution in [2.45, 2.75) is 6.42 Å². The zero-order chi connectivity index (χ0) is 12.1. The summed E-state index contributed by atoms with van der Waals surface area (Å²) in [6, 6.07) is 5.60. The standard InChI is InChI=1S/C10H10BrIN2OS/c11-8-2-1-6(12)5-7(8)10(15)14-4-3-9(13)16/h1-2,5H,3-4H2,(H2,13,16)(H,14,15). The first-order chi connectivity index (χ1) is 7.50. The summed E-state index contributed by atoms with van der Waals surface area (Å²) >= 11 is 10.2. The van der Waals surface area contributed by atoms with E-state index in [9.17, 15) is 4.79 Å². The van der Waals surface area contributed by atoms with Gasteiger partial charge in [0.2, 0.25) is 0 Å². The Kier molecular flexibility index (Phi) is 5.63. The van der Waals surface area contributed by atoms with Crippen molar-refractivity contribution in [1.29, 1.82) is 0 Å². The largest absolute Gasteiger partial charge is 0.393 e. The van der Waals surface area contributed by atoms with Crippen LogP contribution in [0.1, 0.15) is 16.8 Å². The van der Waals surface area contributed by atoms with E-state index >= 15 is 0 Å². The fraction of sp³-hybridized carbons (Fsp3) is 0.200. The van der Waals surface area contributed by atoms with E-state index < -0.39 is 0 Å². The summed E-state index contributed by atoms with van der Waals surface area (Å²) in [6.45, 7) is 0.464. The molecule has 0 saturated heterocycles. The van der Waals surface area contributed by atoms with Gasteiger partial charge in [0.25, 0.3) is 5.91 Å². The van der Waals surface area contributed by atoms with Gasteiger partial charge in [-0.1, -0.05) is 12.2 Å². The molecule has 1 aromatic carbocycles. The molecule has 3 nitrogen and oxygen atoms in total. The number of carbonyl (C=O) groups excluding carboxylic acids is 1. The lowest BCUT2D eigenvalue weighted by Crippen LogP contribution is -2.27. The molecular weight excluding hydrogens is 403 g/mol. The average Bonchev–Trinajstić information content (AvgIpc) is 2.21. The minimum atomic E-state index is -0.123. The minimum Gasteiger partial charge on any atom is -0.393 e. The van der Waals surface area contributed by atoms with Gasteiger partial charge in [-0.25, -0.2) is 0 Å². The van der Waals surface area contributed by atoms with E-state index in [-0.39, 0.29) is 5.91 Å². The fourth-order valence-electron chi connectivity index (χ4n) is 1.07. The van der Waals surface area contributed by atoms with E-state index in [1.54, 1.807) is 0 Å². The summed E-state index contributed by atoms with van der Waals surface area (Å²) in [5.74, 6) is -0.123. The van der Waals surface area contributed by atoms with Crippen molar-refractivity contribution in [3.63, 3.8) is 0 Å². The number of hydrogen-bond donors (Lipinski definition) is 2. The van der Waals surface area contributed by atoms with Crippen LogP contribution in [0, 0.1) is 3.57 Å². The first-order valence-corrected chi connectivity index (χ1v) is 6.80. The summed E-state index contributed by atoms with van der Waals surface area (Å²) in [5.41, 5.74) is 5.96. The summed E-state index contributed by atoms with van der Waals surface area (Å²) in [4.78, 5) is 12.2. The first-order valence-electron chi connectivity index (χ1n) is 4.52. The highest BCUT2D eigenvalue weighted by molar-refractivity contribution is 14.1. The number of benzene rings is 1. The van der Waals surface area contributed by atoms with Crippen molar-refractivity contribution < 1.29 is 4.79 Å². The van der Waals surface area contributed by atoms with Crippen LogP contribution in [-0.2, 0) is 0 Å². The van der Waals surface area contributed by atoms with Crippen molar-refractivity contribution in [3.05, 3.63) is 31.8 Å². The number of halogens is 2. The van der Waals surface area contributed by atoms with Crippen LogP contribution in [0.3, 0.4) is 0 Å². The van der Waals surface area contributed by atoms with Crippen molar-refractivity contribution in [2.24, 2.45) is 5.73 Å². The molecule has 16 heavy (non-hydrogen) atoms. The monoisotopic (exact) mass is 412 g/mol. The molecule has 0 aliphatic carbocycles. The van der Waals surface area contributed by atoms with Crippen LogP contribution in [0.15, 0.2) is 22.7 Å². The van der Waals surface area contributed by atoms with Gasteiger partial charge in [-0.2, -0.15) is 0 Å². The average molecular weight is 413 g/mol. The van der Waals surface area contributed by atoms with E-state index in [2.05, 4.69) is 43.8 Å². The van der Waals surface area contributed by atoms with E-state index in [1.165, 1.54) is 0 Å². The summed E-state index contributed by atoms with van der Waals surface area (Å²) in [7, 11) is 0. The van der Waals surface area contributed by atoms with E-state index in [4.69, 9.17) is 18.0 Å². The Morgan fingerprint density at radius 1 is 1.56 bits per heavy atom. The molecular formula is C10H10BrIN2OS. The Labute approximate surface area is 121 Å². The minimum absolute atomic E-state index is 0.123. The van der Waals surface area contributed by atoms with E-state index in [0.717, 1.165) is 8.04 Å². The zero-order valence-electron chi connectivity index (χ0n) is 8.30. The molecule has 0 bridgehead atoms. The lowest BCUT2D eigenvalue weighted by Gasteiger charge is -2.06. The highest BCUT2D eigenvalue weighted by atomic mass is 127. The summed E-state index contributed by atoms with van der Waals surface area (Å²) in [5, 5.41) is 2.76. The molecule has 0 radical (unpaired) electrons. The molecule has 6 heteroatoms. The number of hydrogen-bond acceptors (Lipinski definition) is 2. The maximum atomic E-state index is 11.8. The van der Waals surface area contributed by atoms with Gasteiger partial charge in [0.15, 0.2) is 0 Å². The maximum absolute atomic E-state index is 11.8. The highest BCUT2D eigenvalue weighted by Crippen LogP contribution is 2.19. The Bertz CT molecular complexity index is 425. The molecule has 0 saturated carbocycles. The quantitative estimate of drug-likeness (QED) is 0.590. The van der Waals surface area contributed by atoms with Crippen LogP contribution in [-0.4, -0.2) is 17.4 Å². The molecule has 0 atom stereocenters. The molecule has 0 unspecified atom stereocenters. The SMILES string of the molecule is NC(=S)CCNC(=O)c1cc(I)ccc1Br. The summed E-state index contributed by atoms with van der Waals surface area (Å²) in [6.07, 6.45) is 0.516. The van der Waals surface area contributed by atoms with Crippen LogP contribution in [0.2, 0.25) is 0 Å². The van der Waals surface area contributed by atoms with E-state index in [0.29, 0.717) is 23.5 Å². The molecule has 86 valence electrons. The van der Waals surface area contributed by atoms with Gasteiger partial charge >= 0.3 is 0 Å². The van der Waals surface area contributed by atoms with Crippen LogP contribution in [0.4, 0.5) is 0 Å². The third-order valence-electron chi connectivity index (χ3n) is 1.83. The van der Waals surface area contributed by atoms with Gasteiger partial charge in [0.1, 0.15) is 0 Å².